The Morgan fingerprint density at radius 2 is 1.30 bits per heavy atom. The van der Waals surface area contributed by atoms with Gasteiger partial charge in [0.15, 0.2) is 0 Å². The average Bonchev–Trinajstić information content (AvgIpc) is 2.51. The first-order chi connectivity index (χ1) is 10.9. The zero-order valence-electron chi connectivity index (χ0n) is 12.7. The standard InChI is InChI=1S/C16H16I4O2Si/c1-3-21-23(22-4-2,12-7-5-11(17)6-8-12)16-10-14(19)13(18)9-15(16)20/h5-10H,3-4H2,1-2H3. The first-order valence-electron chi connectivity index (χ1n) is 7.13. The summed E-state index contributed by atoms with van der Waals surface area (Å²) in [5.41, 5.74) is 0. The van der Waals surface area contributed by atoms with Crippen LogP contribution in [0.15, 0.2) is 36.4 Å². The molecule has 0 amide bonds. The normalized spacial score (nSPS) is 11.7. The van der Waals surface area contributed by atoms with Crippen LogP contribution in [0.4, 0.5) is 0 Å². The van der Waals surface area contributed by atoms with Gasteiger partial charge in [0.05, 0.1) is 0 Å². The molecule has 0 bridgehead atoms. The fourth-order valence-corrected chi connectivity index (χ4v) is 9.26. The van der Waals surface area contributed by atoms with Crippen LogP contribution in [0, 0.1) is 14.3 Å². The number of hydrogen-bond acceptors (Lipinski definition) is 2. The summed E-state index contributed by atoms with van der Waals surface area (Å²) in [7, 11) is -2.69. The van der Waals surface area contributed by atoms with Gasteiger partial charge in [0.2, 0.25) is 0 Å². The summed E-state index contributed by atoms with van der Waals surface area (Å²) in [6.45, 7) is 5.35. The SMILES string of the molecule is CCO[Si](OCC)(c1ccc(I)cc1)c1cc(I)c(I)cc1I. The molecular weight excluding hydrogens is 760 g/mol. The Morgan fingerprint density at radius 3 is 1.83 bits per heavy atom. The van der Waals surface area contributed by atoms with E-state index >= 15 is 0 Å². The second-order valence-corrected chi connectivity index (χ2v) is 12.4. The zero-order chi connectivity index (χ0) is 17.0. The van der Waals surface area contributed by atoms with Gasteiger partial charge in [0.1, 0.15) is 0 Å². The summed E-state index contributed by atoms with van der Waals surface area (Å²) in [4.78, 5) is 0. The molecule has 2 rings (SSSR count). The lowest BCUT2D eigenvalue weighted by Crippen LogP contribution is -2.64. The molecule has 0 saturated heterocycles. The highest BCUT2D eigenvalue weighted by molar-refractivity contribution is 14.1. The molecule has 124 valence electrons. The molecule has 0 heterocycles. The molecule has 0 N–H and O–H groups in total. The summed E-state index contributed by atoms with van der Waals surface area (Å²) in [5, 5.41) is 2.37. The van der Waals surface area contributed by atoms with Gasteiger partial charge in [0.25, 0.3) is 0 Å². The van der Waals surface area contributed by atoms with Gasteiger partial charge in [-0.25, -0.2) is 0 Å². The summed E-state index contributed by atoms with van der Waals surface area (Å²) in [6.07, 6.45) is 0. The minimum absolute atomic E-state index is 0.636. The second-order valence-electron chi connectivity index (χ2n) is 4.74. The van der Waals surface area contributed by atoms with Crippen molar-refractivity contribution in [3.63, 3.8) is 0 Å². The highest BCUT2D eigenvalue weighted by Gasteiger charge is 2.44. The maximum absolute atomic E-state index is 6.36. The molecule has 7 heteroatoms. The molecule has 0 unspecified atom stereocenters. The minimum Gasteiger partial charge on any atom is -0.388 e. The fourth-order valence-electron chi connectivity index (χ4n) is 2.37. The largest absolute Gasteiger partial charge is 0.408 e. The van der Waals surface area contributed by atoms with Crippen molar-refractivity contribution >= 4 is 109 Å². The van der Waals surface area contributed by atoms with Crippen LogP contribution in [0.25, 0.3) is 0 Å². The molecule has 0 fully saturated rings. The lowest BCUT2D eigenvalue weighted by Gasteiger charge is -2.32. The Balaban J connectivity index is 2.70. The Hall–Kier alpha value is 1.50. The molecule has 0 aliphatic rings. The Morgan fingerprint density at radius 1 is 0.783 bits per heavy atom. The van der Waals surface area contributed by atoms with Gasteiger partial charge in [-0.05, 0) is 134 Å². The first-order valence-corrected chi connectivity index (χ1v) is 13.3. The summed E-state index contributed by atoms with van der Waals surface area (Å²) in [6, 6.07) is 13.0. The topological polar surface area (TPSA) is 18.5 Å². The lowest BCUT2D eigenvalue weighted by atomic mass is 10.4. The molecule has 0 aliphatic carbocycles. The van der Waals surface area contributed by atoms with E-state index in [9.17, 15) is 0 Å². The molecule has 0 atom stereocenters. The third-order valence-corrected chi connectivity index (χ3v) is 11.8. The van der Waals surface area contributed by atoms with Crippen molar-refractivity contribution in [3.05, 3.63) is 50.7 Å². The van der Waals surface area contributed by atoms with Crippen LogP contribution in [0.5, 0.6) is 0 Å². The molecule has 0 spiro atoms. The van der Waals surface area contributed by atoms with Crippen LogP contribution in [0.1, 0.15) is 13.8 Å². The predicted octanol–water partition coefficient (Wildman–Crippen LogP) is 4.73. The van der Waals surface area contributed by atoms with E-state index in [0.29, 0.717) is 13.2 Å². The van der Waals surface area contributed by atoms with Gasteiger partial charge >= 0.3 is 8.56 Å². The quantitative estimate of drug-likeness (QED) is 0.240. The van der Waals surface area contributed by atoms with Crippen molar-refractivity contribution in [2.45, 2.75) is 13.8 Å². The Labute approximate surface area is 193 Å². The van der Waals surface area contributed by atoms with Gasteiger partial charge in [0, 0.05) is 32.7 Å². The molecule has 23 heavy (non-hydrogen) atoms. The van der Waals surface area contributed by atoms with E-state index in [0.717, 1.165) is 5.19 Å². The number of benzene rings is 2. The molecule has 0 aliphatic heterocycles. The smallest absolute Gasteiger partial charge is 0.388 e. The highest BCUT2D eigenvalue weighted by atomic mass is 127. The second kappa shape index (κ2) is 9.44. The van der Waals surface area contributed by atoms with Gasteiger partial charge < -0.3 is 8.85 Å². The molecular formula is C16H16I4O2Si. The van der Waals surface area contributed by atoms with Gasteiger partial charge in [-0.3, -0.25) is 0 Å². The van der Waals surface area contributed by atoms with Crippen LogP contribution in [-0.4, -0.2) is 21.8 Å². The van der Waals surface area contributed by atoms with Crippen LogP contribution in [0.2, 0.25) is 0 Å². The van der Waals surface area contributed by atoms with Crippen molar-refractivity contribution in [1.82, 2.24) is 0 Å². The van der Waals surface area contributed by atoms with Crippen molar-refractivity contribution in [1.29, 1.82) is 0 Å². The third-order valence-electron chi connectivity index (χ3n) is 3.28. The molecule has 0 radical (unpaired) electrons. The van der Waals surface area contributed by atoms with E-state index in [2.05, 4.69) is 127 Å². The van der Waals surface area contributed by atoms with E-state index in [-0.39, 0.29) is 0 Å². The minimum atomic E-state index is -2.69. The highest BCUT2D eigenvalue weighted by Crippen LogP contribution is 2.21. The van der Waals surface area contributed by atoms with Crippen molar-refractivity contribution < 1.29 is 8.85 Å². The molecule has 2 aromatic rings. The fraction of sp³-hybridized carbons (Fsp3) is 0.250. The monoisotopic (exact) mass is 776 g/mol. The number of halogens is 4. The number of rotatable bonds is 6. The van der Waals surface area contributed by atoms with Gasteiger partial charge in [-0.2, -0.15) is 0 Å². The van der Waals surface area contributed by atoms with Crippen molar-refractivity contribution in [2.75, 3.05) is 13.2 Å². The predicted molar refractivity (Wildman–Crippen MR) is 132 cm³/mol. The van der Waals surface area contributed by atoms with Gasteiger partial charge in [-0.1, -0.05) is 12.1 Å². The summed E-state index contributed by atoms with van der Waals surface area (Å²) in [5.74, 6) is 0. The maximum atomic E-state index is 6.36. The molecule has 0 saturated carbocycles. The van der Waals surface area contributed by atoms with E-state index in [1.54, 1.807) is 0 Å². The van der Waals surface area contributed by atoms with E-state index in [1.165, 1.54) is 19.5 Å². The first kappa shape index (κ1) is 20.8. The summed E-state index contributed by atoms with van der Waals surface area (Å²) < 4.78 is 17.6. The molecule has 2 nitrogen and oxygen atoms in total. The number of hydrogen-bond donors (Lipinski definition) is 0. The Bertz CT molecular complexity index is 671. The van der Waals surface area contributed by atoms with Crippen molar-refractivity contribution in [2.24, 2.45) is 0 Å². The molecule has 0 aromatic heterocycles. The zero-order valence-corrected chi connectivity index (χ0v) is 22.3. The average molecular weight is 776 g/mol. The van der Waals surface area contributed by atoms with Crippen LogP contribution in [0.3, 0.4) is 0 Å². The Kier molecular flexibility index (Phi) is 8.54. The van der Waals surface area contributed by atoms with Gasteiger partial charge in [-0.15, -0.1) is 0 Å². The molecule has 2 aromatic carbocycles. The maximum Gasteiger partial charge on any atom is 0.408 e. The summed E-state index contributed by atoms with van der Waals surface area (Å²) >= 11 is 9.50. The van der Waals surface area contributed by atoms with Crippen molar-refractivity contribution in [3.8, 4) is 0 Å². The van der Waals surface area contributed by atoms with Crippen LogP contribution >= 0.6 is 90.4 Å². The van der Waals surface area contributed by atoms with E-state index in [4.69, 9.17) is 8.85 Å². The van der Waals surface area contributed by atoms with Crippen LogP contribution < -0.4 is 10.4 Å². The van der Waals surface area contributed by atoms with E-state index in [1.807, 2.05) is 13.8 Å². The van der Waals surface area contributed by atoms with Crippen LogP contribution in [-0.2, 0) is 8.85 Å². The third kappa shape index (κ3) is 4.81. The van der Waals surface area contributed by atoms with E-state index < -0.39 is 8.56 Å². The lowest BCUT2D eigenvalue weighted by molar-refractivity contribution is 0.208.